The number of carbonyl (C=O) groups excluding carboxylic acids is 1. The van der Waals surface area contributed by atoms with Gasteiger partial charge in [-0.1, -0.05) is 59.6 Å². The number of nitriles is 1. The summed E-state index contributed by atoms with van der Waals surface area (Å²) >= 11 is 15.9. The number of benzene rings is 3. The van der Waals surface area contributed by atoms with Gasteiger partial charge in [0, 0.05) is 21.5 Å². The molecule has 0 aromatic heterocycles. The summed E-state index contributed by atoms with van der Waals surface area (Å²) in [5, 5.41) is 10.9. The molecular weight excluding hydrogens is 586 g/mol. The summed E-state index contributed by atoms with van der Waals surface area (Å²) in [6.45, 7) is 0.0992. The maximum atomic E-state index is 14.0. The van der Waals surface area contributed by atoms with Gasteiger partial charge in [0.2, 0.25) is 6.79 Å². The molecule has 3 unspecified atom stereocenters. The van der Waals surface area contributed by atoms with Crippen LogP contribution in [0.4, 0.5) is 0 Å². The van der Waals surface area contributed by atoms with E-state index in [-0.39, 0.29) is 25.0 Å². The smallest absolute Gasteiger partial charge is 0.255 e. The molecule has 5 nitrogen and oxygen atoms in total. The molecule has 1 amide bonds. The average molecular weight is 603 g/mol. The van der Waals surface area contributed by atoms with Crippen LogP contribution in [0.5, 0.6) is 11.5 Å². The average Bonchev–Trinajstić information content (AvgIpc) is 3.17. The van der Waals surface area contributed by atoms with Gasteiger partial charge in [0.15, 0.2) is 17.0 Å². The summed E-state index contributed by atoms with van der Waals surface area (Å²) in [5.74, 6) is 0.512. The van der Waals surface area contributed by atoms with Crippen LogP contribution < -0.4 is 9.47 Å². The van der Waals surface area contributed by atoms with Crippen molar-refractivity contribution in [2.75, 3.05) is 6.79 Å². The van der Waals surface area contributed by atoms with E-state index in [9.17, 15) is 10.1 Å². The molecule has 0 saturated heterocycles. The lowest BCUT2D eigenvalue weighted by atomic mass is 9.76. The van der Waals surface area contributed by atoms with E-state index in [2.05, 4.69) is 28.7 Å². The van der Waals surface area contributed by atoms with E-state index >= 15 is 0 Å². The molecule has 3 atom stereocenters. The number of alkyl halides is 2. The highest BCUT2D eigenvalue weighted by molar-refractivity contribution is 14.1. The van der Waals surface area contributed by atoms with Gasteiger partial charge < -0.3 is 14.4 Å². The first-order chi connectivity index (χ1) is 16.4. The van der Waals surface area contributed by atoms with Crippen LogP contribution in [0.25, 0.3) is 0 Å². The third-order valence-electron chi connectivity index (χ3n) is 6.86. The maximum Gasteiger partial charge on any atom is 0.255 e. The minimum Gasteiger partial charge on any atom is -0.454 e. The van der Waals surface area contributed by atoms with Gasteiger partial charge in [-0.2, -0.15) is 5.26 Å². The molecule has 1 aliphatic carbocycles. The quantitative estimate of drug-likeness (QED) is 0.282. The lowest BCUT2D eigenvalue weighted by Crippen LogP contribution is -2.54. The molecule has 8 heteroatoms. The van der Waals surface area contributed by atoms with Crippen molar-refractivity contribution in [1.82, 2.24) is 4.90 Å². The Kier molecular flexibility index (Phi) is 5.03. The summed E-state index contributed by atoms with van der Waals surface area (Å²) < 4.78 is 11.0. The standard InChI is InChI=1S/C26H17Cl2IN2O3/c27-26(28)22-17-10-20-21(34-14-33-20)11-18(17)25(13-30,12-16-8-4-5-9-19(16)29)31(23(22)26)24(32)15-6-2-1-3-7-15/h1-11,22-23H,12,14H2. The predicted molar refractivity (Wildman–Crippen MR) is 136 cm³/mol. The van der Waals surface area contributed by atoms with Gasteiger partial charge in [0.05, 0.1) is 12.1 Å². The minimum absolute atomic E-state index is 0.0992. The Morgan fingerprint density at radius 3 is 2.47 bits per heavy atom. The van der Waals surface area contributed by atoms with Crippen LogP contribution in [-0.2, 0) is 12.0 Å². The van der Waals surface area contributed by atoms with Crippen LogP contribution in [0, 0.1) is 14.9 Å². The number of halogens is 3. The topological polar surface area (TPSA) is 62.6 Å². The molecule has 0 N–H and O–H groups in total. The molecule has 2 heterocycles. The molecule has 1 fully saturated rings. The largest absolute Gasteiger partial charge is 0.454 e. The lowest BCUT2D eigenvalue weighted by molar-refractivity contribution is 0.0519. The second kappa shape index (κ2) is 7.77. The van der Waals surface area contributed by atoms with Crippen LogP contribution in [0.3, 0.4) is 0 Å². The van der Waals surface area contributed by atoms with E-state index in [1.807, 2.05) is 42.5 Å². The van der Waals surface area contributed by atoms with Crippen LogP contribution in [-0.4, -0.2) is 28.0 Å². The van der Waals surface area contributed by atoms with Crippen molar-refractivity contribution < 1.29 is 14.3 Å². The fraction of sp³-hybridized carbons (Fsp3) is 0.231. The van der Waals surface area contributed by atoms with Gasteiger partial charge in [0.1, 0.15) is 4.33 Å². The molecular formula is C26H17Cl2IN2O3. The second-order valence-corrected chi connectivity index (χ2v) is 11.3. The van der Waals surface area contributed by atoms with Crippen molar-refractivity contribution in [3.05, 3.63) is 92.6 Å². The molecule has 0 bridgehead atoms. The number of hydrogen-bond acceptors (Lipinski definition) is 4. The fourth-order valence-electron chi connectivity index (χ4n) is 5.22. The number of nitrogens with zero attached hydrogens (tertiary/aromatic N) is 2. The third kappa shape index (κ3) is 3.07. The van der Waals surface area contributed by atoms with Crippen molar-refractivity contribution >= 4 is 51.7 Å². The number of rotatable bonds is 3. The molecule has 3 aromatic rings. The zero-order chi connectivity index (χ0) is 23.7. The normalized spacial score (nSPS) is 25.2. The zero-order valence-corrected chi connectivity index (χ0v) is 21.3. The molecule has 170 valence electrons. The van der Waals surface area contributed by atoms with E-state index in [4.69, 9.17) is 32.7 Å². The number of carbonyl (C=O) groups is 1. The van der Waals surface area contributed by atoms with Gasteiger partial charge in [-0.05, 0) is 69.6 Å². The van der Waals surface area contributed by atoms with Crippen LogP contribution in [0.15, 0.2) is 66.7 Å². The molecule has 0 radical (unpaired) electrons. The fourth-order valence-corrected chi connectivity index (χ4v) is 6.59. The zero-order valence-electron chi connectivity index (χ0n) is 17.7. The summed E-state index contributed by atoms with van der Waals surface area (Å²) in [7, 11) is 0. The van der Waals surface area contributed by atoms with Crippen molar-refractivity contribution in [1.29, 1.82) is 5.26 Å². The molecule has 6 rings (SSSR count). The SMILES string of the molecule is N#CC1(Cc2ccccc2I)c2cc3c(cc2C2C(N1C(=O)c1ccccc1)C2(Cl)Cl)OCO3. The maximum absolute atomic E-state index is 14.0. The first-order valence-electron chi connectivity index (χ1n) is 10.7. The van der Waals surface area contributed by atoms with Gasteiger partial charge in [-0.25, -0.2) is 0 Å². The minimum atomic E-state index is -1.35. The van der Waals surface area contributed by atoms with Crippen LogP contribution in [0.1, 0.15) is 33.0 Å². The van der Waals surface area contributed by atoms with E-state index in [1.165, 1.54) is 0 Å². The van der Waals surface area contributed by atoms with E-state index in [0.717, 1.165) is 14.7 Å². The first-order valence-corrected chi connectivity index (χ1v) is 12.6. The summed E-state index contributed by atoms with van der Waals surface area (Å²) in [5.41, 5.74) is 1.57. The van der Waals surface area contributed by atoms with Crippen LogP contribution >= 0.6 is 45.8 Å². The Morgan fingerprint density at radius 2 is 1.76 bits per heavy atom. The monoisotopic (exact) mass is 602 g/mol. The number of fused-ring (bicyclic) bond motifs is 4. The molecule has 1 saturated carbocycles. The molecule has 3 aromatic carbocycles. The summed E-state index contributed by atoms with van der Waals surface area (Å²) in [6.07, 6.45) is 0.279. The second-order valence-electron chi connectivity index (χ2n) is 8.67. The third-order valence-corrected chi connectivity index (χ3v) is 8.83. The number of hydrogen-bond donors (Lipinski definition) is 0. The van der Waals surface area contributed by atoms with Crippen molar-refractivity contribution in [3.63, 3.8) is 0 Å². The number of ether oxygens (including phenoxy) is 2. The van der Waals surface area contributed by atoms with E-state index < -0.39 is 15.9 Å². The van der Waals surface area contributed by atoms with Crippen molar-refractivity contribution in [2.24, 2.45) is 0 Å². The molecule has 2 aliphatic heterocycles. The lowest BCUT2D eigenvalue weighted by Gasteiger charge is -2.43. The molecule has 3 aliphatic rings. The Balaban J connectivity index is 1.62. The van der Waals surface area contributed by atoms with Crippen molar-refractivity contribution in [3.8, 4) is 17.6 Å². The molecule has 0 spiro atoms. The van der Waals surface area contributed by atoms with E-state index in [1.54, 1.807) is 29.2 Å². The van der Waals surface area contributed by atoms with E-state index in [0.29, 0.717) is 22.6 Å². The number of amides is 1. The van der Waals surface area contributed by atoms with Gasteiger partial charge in [-0.15, -0.1) is 0 Å². The van der Waals surface area contributed by atoms with Crippen molar-refractivity contribution in [2.45, 2.75) is 28.3 Å². The summed E-state index contributed by atoms with van der Waals surface area (Å²) in [4.78, 5) is 15.6. The first kappa shape index (κ1) is 22.0. The van der Waals surface area contributed by atoms with Gasteiger partial charge in [0.25, 0.3) is 5.91 Å². The Hall–Kier alpha value is -2.47. The highest BCUT2D eigenvalue weighted by atomic mass is 127. The summed E-state index contributed by atoms with van der Waals surface area (Å²) in [6, 6.07) is 22.4. The Morgan fingerprint density at radius 1 is 1.09 bits per heavy atom. The highest BCUT2D eigenvalue weighted by Gasteiger charge is 2.74. The Bertz CT molecular complexity index is 1370. The predicted octanol–water partition coefficient (Wildman–Crippen LogP) is 5.78. The van der Waals surface area contributed by atoms with Gasteiger partial charge in [-0.3, -0.25) is 4.79 Å². The van der Waals surface area contributed by atoms with Gasteiger partial charge >= 0.3 is 0 Å². The van der Waals surface area contributed by atoms with Crippen LogP contribution in [0.2, 0.25) is 0 Å². The highest BCUT2D eigenvalue weighted by Crippen LogP contribution is 2.69. The molecule has 34 heavy (non-hydrogen) atoms. The Labute approximate surface area is 220 Å².